The minimum absolute atomic E-state index is 0.301. The van der Waals surface area contributed by atoms with Gasteiger partial charge in [0, 0.05) is 0 Å². The molecule has 0 aliphatic heterocycles. The Morgan fingerprint density at radius 1 is 1.80 bits per heavy atom. The zero-order valence-electron chi connectivity index (χ0n) is 2.85. The van der Waals surface area contributed by atoms with Crippen LogP contribution in [0, 0.1) is 0 Å². The van der Waals surface area contributed by atoms with Gasteiger partial charge in [-0.3, -0.25) is 0 Å². The Hall–Kier alpha value is 0.692. The van der Waals surface area contributed by atoms with Crippen LogP contribution < -0.4 is 0 Å². The molecule has 0 nitrogen and oxygen atoms in total. The molecule has 0 aliphatic carbocycles. The van der Waals surface area contributed by atoms with Gasteiger partial charge in [0.2, 0.25) is 0 Å². The second kappa shape index (κ2) is 4.69. The Kier molecular flexibility index (Phi) is 5.34. The Labute approximate surface area is 44.3 Å². The van der Waals surface area contributed by atoms with Crippen molar-refractivity contribution >= 4 is 9.53 Å². The van der Waals surface area contributed by atoms with E-state index in [0.29, 0.717) is 17.0 Å². The van der Waals surface area contributed by atoms with Crippen LogP contribution >= 0.6 is 9.53 Å². The first-order chi connectivity index (χ1) is 2.41. The zero-order valence-corrected chi connectivity index (χ0v) is 5.16. The van der Waals surface area contributed by atoms with Crippen molar-refractivity contribution in [2.24, 2.45) is 0 Å². The van der Waals surface area contributed by atoms with Crippen molar-refractivity contribution < 1.29 is 17.0 Å². The molecule has 0 aromatic carbocycles. The fourth-order valence-corrected chi connectivity index (χ4v) is 0.707. The quantitative estimate of drug-likeness (QED) is 0.543. The van der Waals surface area contributed by atoms with Crippen molar-refractivity contribution in [1.82, 2.24) is 0 Å². The van der Waals surface area contributed by atoms with Crippen LogP contribution in [-0.4, -0.2) is 0 Å². The third kappa shape index (κ3) is 4.69. The summed E-state index contributed by atoms with van der Waals surface area (Å²) in [5, 5.41) is 0. The van der Waals surface area contributed by atoms with Crippen LogP contribution in [0.5, 0.6) is 0 Å². The molecule has 2 heteroatoms. The summed E-state index contributed by atoms with van der Waals surface area (Å²) in [6.07, 6.45) is 1.95. The molecule has 5 heavy (non-hydrogen) atoms. The first-order valence-corrected chi connectivity index (χ1v) is 4.11. The molecule has 0 N–H and O–H groups in total. The summed E-state index contributed by atoms with van der Waals surface area (Å²) in [4.78, 5) is 0. The number of hydrogen-bond donors (Lipinski definition) is 0. The van der Waals surface area contributed by atoms with Gasteiger partial charge in [0.1, 0.15) is 0 Å². The van der Waals surface area contributed by atoms with E-state index in [-0.39, 0.29) is 0 Å². The first-order valence-electron chi connectivity index (χ1n) is 1.21. The van der Waals surface area contributed by atoms with Gasteiger partial charge in [0.05, 0.1) is 0 Å². The van der Waals surface area contributed by atoms with E-state index >= 15 is 0 Å². The summed E-state index contributed by atoms with van der Waals surface area (Å²) in [5.41, 5.74) is 0. The van der Waals surface area contributed by atoms with E-state index in [4.69, 9.17) is 9.53 Å². The minimum atomic E-state index is 0.301. The molecule has 0 heterocycles. The third-order valence-electron chi connectivity index (χ3n) is 0.145. The molecule has 0 amide bonds. The predicted octanol–water partition coefficient (Wildman–Crippen LogP) is 1.76. The topological polar surface area (TPSA) is 0 Å². The molecule has 0 aromatic rings. The molecule has 0 unspecified atom stereocenters. The van der Waals surface area contributed by atoms with Gasteiger partial charge in [-0.1, -0.05) is 0 Å². The van der Waals surface area contributed by atoms with Crippen LogP contribution in [-0.2, 0) is 17.0 Å². The van der Waals surface area contributed by atoms with E-state index in [9.17, 15) is 0 Å². The number of halogens is 1. The SMILES string of the molecule is CC=[CH][Pd][Cl]. The molecular weight excluding hydrogens is 178 g/mol. The second-order valence-corrected chi connectivity index (χ2v) is 2.18. The van der Waals surface area contributed by atoms with Crippen molar-refractivity contribution in [3.8, 4) is 0 Å². The van der Waals surface area contributed by atoms with Crippen molar-refractivity contribution in [3.05, 3.63) is 10.6 Å². The Bertz CT molecular complexity index is 33.9. The Balaban J connectivity index is 2.62. The fourth-order valence-electron chi connectivity index (χ4n) is 0.0398. The Morgan fingerprint density at radius 2 is 2.40 bits per heavy atom. The summed E-state index contributed by atoms with van der Waals surface area (Å²) in [7, 11) is 5.26. The van der Waals surface area contributed by atoms with Crippen LogP contribution in [0.15, 0.2) is 10.6 Å². The molecule has 0 atom stereocenters. The maximum absolute atomic E-state index is 5.26. The molecule has 0 bridgehead atoms. The zero-order chi connectivity index (χ0) is 4.12. The van der Waals surface area contributed by atoms with Gasteiger partial charge in [-0.25, -0.2) is 0 Å². The molecular formula is C3H5ClPd. The normalized spacial score (nSPS) is 10.8. The fraction of sp³-hybridized carbons (Fsp3) is 0.333. The van der Waals surface area contributed by atoms with Gasteiger partial charge in [-0.15, -0.1) is 0 Å². The van der Waals surface area contributed by atoms with Crippen molar-refractivity contribution in [2.45, 2.75) is 6.92 Å². The summed E-state index contributed by atoms with van der Waals surface area (Å²) in [5.74, 6) is 0. The first kappa shape index (κ1) is 5.69. The van der Waals surface area contributed by atoms with E-state index in [1.807, 2.05) is 17.5 Å². The summed E-state index contributed by atoms with van der Waals surface area (Å²) in [6.45, 7) is 1.96. The number of hydrogen-bond acceptors (Lipinski definition) is 0. The molecule has 0 radical (unpaired) electrons. The number of allylic oxidation sites excluding steroid dienone is 1. The van der Waals surface area contributed by atoms with Crippen LogP contribution in [0.2, 0.25) is 0 Å². The average Bonchev–Trinajstić information content (AvgIpc) is 1.41. The van der Waals surface area contributed by atoms with E-state index in [0.717, 1.165) is 0 Å². The summed E-state index contributed by atoms with van der Waals surface area (Å²) in [6, 6.07) is 0. The van der Waals surface area contributed by atoms with Gasteiger partial charge >= 0.3 is 44.0 Å². The molecule has 0 rings (SSSR count). The summed E-state index contributed by atoms with van der Waals surface area (Å²) >= 11 is 0.301. The standard InChI is InChI=1S/C3H5.ClH.Pd/c1-3-2;;/h1,3H,2H3;1H;/q;;+1/p-1. The molecule has 0 saturated carbocycles. The van der Waals surface area contributed by atoms with Gasteiger partial charge < -0.3 is 0 Å². The van der Waals surface area contributed by atoms with Gasteiger partial charge in [0.25, 0.3) is 0 Å². The number of rotatable bonds is 1. The van der Waals surface area contributed by atoms with Crippen molar-refractivity contribution in [3.63, 3.8) is 0 Å². The van der Waals surface area contributed by atoms with Gasteiger partial charge in [-0.05, 0) is 0 Å². The van der Waals surface area contributed by atoms with Crippen LogP contribution in [0.1, 0.15) is 6.92 Å². The van der Waals surface area contributed by atoms with Crippen LogP contribution in [0.25, 0.3) is 0 Å². The van der Waals surface area contributed by atoms with Crippen LogP contribution in [0.3, 0.4) is 0 Å². The monoisotopic (exact) mass is 182 g/mol. The van der Waals surface area contributed by atoms with E-state index in [1.54, 1.807) is 0 Å². The van der Waals surface area contributed by atoms with E-state index in [1.165, 1.54) is 0 Å². The third-order valence-corrected chi connectivity index (χ3v) is 1.33. The maximum atomic E-state index is 5.26. The van der Waals surface area contributed by atoms with Crippen LogP contribution in [0.4, 0.5) is 0 Å². The predicted molar refractivity (Wildman–Crippen MR) is 20.7 cm³/mol. The van der Waals surface area contributed by atoms with E-state index < -0.39 is 0 Å². The molecule has 0 saturated heterocycles. The second-order valence-electron chi connectivity index (χ2n) is 0.508. The Morgan fingerprint density at radius 3 is 2.40 bits per heavy atom. The molecule has 0 aliphatic rings. The van der Waals surface area contributed by atoms with E-state index in [2.05, 4.69) is 0 Å². The average molecular weight is 183 g/mol. The van der Waals surface area contributed by atoms with Crippen molar-refractivity contribution in [2.75, 3.05) is 0 Å². The van der Waals surface area contributed by atoms with Gasteiger partial charge in [0.15, 0.2) is 0 Å². The van der Waals surface area contributed by atoms with Gasteiger partial charge in [-0.2, -0.15) is 0 Å². The molecule has 34 valence electrons. The summed E-state index contributed by atoms with van der Waals surface area (Å²) < 4.78 is 1.94. The molecule has 0 fully saturated rings. The molecule has 0 spiro atoms. The van der Waals surface area contributed by atoms with Crippen molar-refractivity contribution in [1.29, 1.82) is 0 Å². The molecule has 0 aromatic heterocycles.